The number of ether oxygens (including phenoxy) is 1. The molecule has 24 heavy (non-hydrogen) atoms. The van der Waals surface area contributed by atoms with Crippen LogP contribution in [0.5, 0.6) is 5.75 Å². The van der Waals surface area contributed by atoms with Gasteiger partial charge in [-0.2, -0.15) is 0 Å². The minimum atomic E-state index is -0.518. The number of hydrogen-bond donors (Lipinski definition) is 0. The second kappa shape index (κ2) is 4.56. The fraction of sp³-hybridized carbons (Fsp3) is 0.421. The average molecular weight is 323 g/mol. The molecule has 5 aliphatic rings. The minimum Gasteiger partial charge on any atom is -0.497 e. The summed E-state index contributed by atoms with van der Waals surface area (Å²) in [6.45, 7) is 0. The Morgan fingerprint density at radius 2 is 1.54 bits per heavy atom. The molecule has 5 heteroatoms. The molecule has 1 saturated heterocycles. The van der Waals surface area contributed by atoms with Gasteiger partial charge in [-0.1, -0.05) is 12.2 Å². The van der Waals surface area contributed by atoms with E-state index >= 15 is 0 Å². The number of hydrogen-bond acceptors (Lipinski definition) is 4. The third kappa shape index (κ3) is 1.62. The van der Waals surface area contributed by atoms with Crippen LogP contribution in [0.1, 0.15) is 16.8 Å². The maximum Gasteiger partial charge on any atom is 0.267 e. The number of methoxy groups -OCH3 is 1. The summed E-state index contributed by atoms with van der Waals surface area (Å²) in [5.41, 5.74) is 0.335. The molecule has 1 aliphatic heterocycles. The monoisotopic (exact) mass is 323 g/mol. The highest BCUT2D eigenvalue weighted by atomic mass is 16.5. The summed E-state index contributed by atoms with van der Waals surface area (Å²) in [4.78, 5) is 39.4. The van der Waals surface area contributed by atoms with E-state index in [1.807, 2.05) is 0 Å². The van der Waals surface area contributed by atoms with E-state index in [4.69, 9.17) is 4.74 Å². The lowest BCUT2D eigenvalue weighted by atomic mass is 9.63. The van der Waals surface area contributed by atoms with Crippen LogP contribution in [0.15, 0.2) is 36.4 Å². The highest BCUT2D eigenvalue weighted by Gasteiger charge is 2.67. The van der Waals surface area contributed by atoms with Gasteiger partial charge in [-0.15, -0.1) is 0 Å². The van der Waals surface area contributed by atoms with Crippen molar-refractivity contribution in [2.75, 3.05) is 7.11 Å². The molecule has 3 amide bonds. The number of carbonyl (C=O) groups is 3. The third-order valence-electron chi connectivity index (χ3n) is 6.20. The van der Waals surface area contributed by atoms with Crippen LogP contribution < -0.4 is 4.74 Å². The first kappa shape index (κ1) is 14.0. The van der Waals surface area contributed by atoms with Gasteiger partial charge in [0.2, 0.25) is 11.8 Å². The van der Waals surface area contributed by atoms with E-state index < -0.39 is 5.91 Å². The van der Waals surface area contributed by atoms with Crippen molar-refractivity contribution in [3.8, 4) is 5.75 Å². The molecule has 1 aromatic carbocycles. The Labute approximate surface area is 139 Å². The maximum atomic E-state index is 12.9. The third-order valence-corrected chi connectivity index (χ3v) is 6.20. The molecule has 4 aliphatic carbocycles. The molecule has 0 N–H and O–H groups in total. The molecule has 0 spiro atoms. The first-order valence-corrected chi connectivity index (χ1v) is 8.36. The summed E-state index contributed by atoms with van der Waals surface area (Å²) >= 11 is 0. The number of imide groups is 3. The normalized spacial score (nSPS) is 38.1. The molecule has 6 atom stereocenters. The van der Waals surface area contributed by atoms with Gasteiger partial charge >= 0.3 is 0 Å². The SMILES string of the molecule is COc1ccc(C(=O)N2C(=O)[C@@H]3[C@H]4C=C[C@@H]([C@@H]5C[C@H]45)[C@H]3C2=O)cc1. The van der Waals surface area contributed by atoms with Crippen molar-refractivity contribution in [2.45, 2.75) is 6.42 Å². The molecule has 122 valence electrons. The number of amides is 3. The van der Waals surface area contributed by atoms with Crippen LogP contribution in [0.4, 0.5) is 0 Å². The zero-order valence-electron chi connectivity index (χ0n) is 13.2. The first-order valence-electron chi connectivity index (χ1n) is 8.36. The summed E-state index contributed by atoms with van der Waals surface area (Å²) < 4.78 is 5.08. The second-order valence-corrected chi connectivity index (χ2v) is 7.20. The molecule has 2 bridgehead atoms. The van der Waals surface area contributed by atoms with Gasteiger partial charge in [-0.05, 0) is 54.4 Å². The van der Waals surface area contributed by atoms with Crippen molar-refractivity contribution in [2.24, 2.45) is 35.5 Å². The van der Waals surface area contributed by atoms with Crippen LogP contribution in [-0.2, 0) is 9.59 Å². The van der Waals surface area contributed by atoms with Gasteiger partial charge in [0.15, 0.2) is 0 Å². The quantitative estimate of drug-likeness (QED) is 0.616. The lowest BCUT2D eigenvalue weighted by Crippen LogP contribution is -2.40. The highest BCUT2D eigenvalue weighted by Crippen LogP contribution is 2.65. The van der Waals surface area contributed by atoms with E-state index in [0.29, 0.717) is 23.1 Å². The fourth-order valence-electron chi connectivity index (χ4n) is 5.02. The predicted molar refractivity (Wildman–Crippen MR) is 83.9 cm³/mol. The van der Waals surface area contributed by atoms with Crippen LogP contribution in [0.3, 0.4) is 0 Å². The van der Waals surface area contributed by atoms with E-state index in [9.17, 15) is 14.4 Å². The second-order valence-electron chi connectivity index (χ2n) is 7.20. The molecular weight excluding hydrogens is 306 g/mol. The van der Waals surface area contributed by atoms with E-state index in [2.05, 4.69) is 12.2 Å². The van der Waals surface area contributed by atoms with Crippen LogP contribution >= 0.6 is 0 Å². The van der Waals surface area contributed by atoms with Gasteiger partial charge in [-0.3, -0.25) is 14.4 Å². The summed E-state index contributed by atoms with van der Waals surface area (Å²) in [5, 5.41) is 0. The van der Waals surface area contributed by atoms with Gasteiger partial charge in [0, 0.05) is 5.56 Å². The van der Waals surface area contributed by atoms with Gasteiger partial charge in [-0.25, -0.2) is 4.90 Å². The van der Waals surface area contributed by atoms with Gasteiger partial charge in [0.05, 0.1) is 18.9 Å². The molecule has 3 fully saturated rings. The van der Waals surface area contributed by atoms with Gasteiger partial charge < -0.3 is 4.74 Å². The van der Waals surface area contributed by atoms with Crippen molar-refractivity contribution in [3.05, 3.63) is 42.0 Å². The summed E-state index contributed by atoms with van der Waals surface area (Å²) in [5.74, 6) is 0.160. The number of rotatable bonds is 2. The largest absolute Gasteiger partial charge is 0.497 e. The summed E-state index contributed by atoms with van der Waals surface area (Å²) in [6.07, 6.45) is 5.32. The predicted octanol–water partition coefficient (Wildman–Crippen LogP) is 1.89. The molecule has 2 saturated carbocycles. The molecule has 0 aromatic heterocycles. The number of carbonyl (C=O) groups excluding carboxylic acids is 3. The van der Waals surface area contributed by atoms with Crippen molar-refractivity contribution < 1.29 is 19.1 Å². The standard InChI is InChI=1S/C19H17NO4/c1-24-10-4-2-9(3-5-10)17(21)20-18(22)15-11-6-7-12(14-8-13(11)14)16(15)19(20)23/h2-7,11-16H,8H2,1H3/t11-,12-,13-,14+,15+,16+/m0/s1. The van der Waals surface area contributed by atoms with E-state index in [-0.39, 0.29) is 35.5 Å². The molecule has 5 nitrogen and oxygen atoms in total. The minimum absolute atomic E-state index is 0.134. The Morgan fingerprint density at radius 3 is 2.04 bits per heavy atom. The number of allylic oxidation sites excluding steroid dienone is 2. The topological polar surface area (TPSA) is 63.7 Å². The maximum absolute atomic E-state index is 12.9. The van der Waals surface area contributed by atoms with Crippen molar-refractivity contribution in [1.29, 1.82) is 0 Å². The zero-order chi connectivity index (χ0) is 16.6. The van der Waals surface area contributed by atoms with Crippen LogP contribution in [0, 0.1) is 35.5 Å². The van der Waals surface area contributed by atoms with E-state index in [0.717, 1.165) is 11.3 Å². The number of nitrogens with zero attached hydrogens (tertiary/aromatic N) is 1. The van der Waals surface area contributed by atoms with Gasteiger partial charge in [0.1, 0.15) is 5.75 Å². The average Bonchev–Trinajstić information content (AvgIpc) is 3.39. The van der Waals surface area contributed by atoms with Gasteiger partial charge in [0.25, 0.3) is 5.91 Å². The Kier molecular flexibility index (Phi) is 2.65. The van der Waals surface area contributed by atoms with Crippen LogP contribution in [0.25, 0.3) is 0 Å². The zero-order valence-corrected chi connectivity index (χ0v) is 13.2. The molecule has 6 rings (SSSR count). The number of benzene rings is 1. The lowest BCUT2D eigenvalue weighted by Gasteiger charge is -2.37. The molecule has 1 aromatic rings. The van der Waals surface area contributed by atoms with E-state index in [1.165, 1.54) is 0 Å². The Hall–Kier alpha value is -2.43. The van der Waals surface area contributed by atoms with Crippen molar-refractivity contribution in [1.82, 2.24) is 4.90 Å². The Bertz CT molecular complexity index is 760. The molecular formula is C19H17NO4. The first-order chi connectivity index (χ1) is 11.6. The molecule has 0 radical (unpaired) electrons. The fourth-order valence-corrected chi connectivity index (χ4v) is 5.02. The van der Waals surface area contributed by atoms with Crippen molar-refractivity contribution in [3.63, 3.8) is 0 Å². The summed E-state index contributed by atoms with van der Waals surface area (Å²) in [7, 11) is 1.54. The highest BCUT2D eigenvalue weighted by molar-refractivity contribution is 6.21. The number of likely N-dealkylation sites (tertiary alicyclic amines) is 1. The Morgan fingerprint density at radius 1 is 1.00 bits per heavy atom. The molecule has 0 unspecified atom stereocenters. The lowest BCUT2D eigenvalue weighted by molar-refractivity contribution is -0.136. The van der Waals surface area contributed by atoms with Crippen molar-refractivity contribution >= 4 is 17.7 Å². The van der Waals surface area contributed by atoms with E-state index in [1.54, 1.807) is 31.4 Å². The van der Waals surface area contributed by atoms with Crippen LogP contribution in [-0.4, -0.2) is 29.7 Å². The Balaban J connectivity index is 1.48. The smallest absolute Gasteiger partial charge is 0.267 e. The summed E-state index contributed by atoms with van der Waals surface area (Å²) in [6, 6.07) is 6.50. The molecule has 1 heterocycles. The van der Waals surface area contributed by atoms with Crippen LogP contribution in [0.2, 0.25) is 0 Å².